The fourth-order valence-corrected chi connectivity index (χ4v) is 3.17. The summed E-state index contributed by atoms with van der Waals surface area (Å²) in [5.41, 5.74) is -0.176. The molecule has 1 saturated heterocycles. The van der Waals surface area contributed by atoms with Gasteiger partial charge in [-0.05, 0) is 12.1 Å². The predicted octanol–water partition coefficient (Wildman–Crippen LogP) is -0.146. The molecule has 1 aliphatic heterocycles. The van der Waals surface area contributed by atoms with Crippen LogP contribution < -0.4 is 21.3 Å². The van der Waals surface area contributed by atoms with E-state index in [0.717, 1.165) is 10.3 Å². The maximum absolute atomic E-state index is 12.2. The zero-order chi connectivity index (χ0) is 19.4. The second-order valence-corrected chi connectivity index (χ2v) is 6.70. The lowest BCUT2D eigenvalue weighted by molar-refractivity contribution is -0.128. The van der Waals surface area contributed by atoms with E-state index in [0.29, 0.717) is 38.2 Å². The van der Waals surface area contributed by atoms with Crippen LogP contribution in [0.2, 0.25) is 0 Å². The fourth-order valence-electron chi connectivity index (χ4n) is 3.17. The molecule has 0 spiro atoms. The molecule has 0 bridgehead atoms. The third-order valence-corrected chi connectivity index (χ3v) is 4.69. The minimum Gasteiger partial charge on any atom is -0.492 e. The number of aryl methyl sites for hydroxylation is 1. The van der Waals surface area contributed by atoms with E-state index >= 15 is 0 Å². The Bertz CT molecular complexity index is 920. The lowest BCUT2D eigenvalue weighted by Gasteiger charge is -2.17. The van der Waals surface area contributed by atoms with Crippen LogP contribution in [0.15, 0.2) is 46.1 Å². The summed E-state index contributed by atoms with van der Waals surface area (Å²) in [5.74, 6) is 0.849. The Morgan fingerprint density at radius 2 is 1.89 bits per heavy atom. The molecule has 0 aliphatic carbocycles. The third-order valence-electron chi connectivity index (χ3n) is 4.69. The zero-order valence-electron chi connectivity index (χ0n) is 15.6. The Morgan fingerprint density at radius 1 is 1.15 bits per heavy atom. The highest BCUT2D eigenvalue weighted by molar-refractivity contribution is 5.79. The van der Waals surface area contributed by atoms with E-state index in [-0.39, 0.29) is 23.2 Å². The number of ether oxygens (including phenoxy) is 1. The van der Waals surface area contributed by atoms with Crippen LogP contribution >= 0.6 is 0 Å². The number of hydrogen-bond acceptors (Lipinski definition) is 5. The molecule has 1 aromatic heterocycles. The summed E-state index contributed by atoms with van der Waals surface area (Å²) in [7, 11) is 3.07. The number of nitrogens with zero attached hydrogens (tertiary/aromatic N) is 3. The van der Waals surface area contributed by atoms with Crippen LogP contribution in [0.3, 0.4) is 0 Å². The summed E-state index contributed by atoms with van der Waals surface area (Å²) < 4.78 is 8.11. The average molecular weight is 372 g/mol. The molecular formula is C19H24N4O4. The van der Waals surface area contributed by atoms with E-state index in [2.05, 4.69) is 5.32 Å². The molecule has 1 aliphatic rings. The first-order valence-corrected chi connectivity index (χ1v) is 8.90. The molecule has 2 aromatic rings. The van der Waals surface area contributed by atoms with Crippen molar-refractivity contribution in [1.29, 1.82) is 0 Å². The van der Waals surface area contributed by atoms with Crippen LogP contribution in [-0.4, -0.2) is 45.7 Å². The van der Waals surface area contributed by atoms with Crippen molar-refractivity contribution < 1.29 is 9.53 Å². The highest BCUT2D eigenvalue weighted by atomic mass is 16.5. The first-order valence-electron chi connectivity index (χ1n) is 8.90. The first-order chi connectivity index (χ1) is 13.0. The van der Waals surface area contributed by atoms with Gasteiger partial charge >= 0.3 is 5.69 Å². The Morgan fingerprint density at radius 3 is 2.63 bits per heavy atom. The number of carbonyl (C=O) groups is 1. The van der Waals surface area contributed by atoms with Crippen LogP contribution in [0.4, 0.5) is 0 Å². The van der Waals surface area contributed by atoms with Crippen LogP contribution in [0, 0.1) is 0 Å². The fraction of sp³-hybridized carbons (Fsp3) is 0.421. The molecule has 8 nitrogen and oxygen atoms in total. The van der Waals surface area contributed by atoms with Gasteiger partial charge in [0.2, 0.25) is 5.91 Å². The van der Waals surface area contributed by atoms with Gasteiger partial charge in [-0.2, -0.15) is 0 Å². The van der Waals surface area contributed by atoms with E-state index in [9.17, 15) is 14.4 Å². The SMILES string of the molecule is Cn1cc(CN[C@@H]2CC(=O)N(CCOc3ccccc3)C2)c(=O)n(C)c1=O. The van der Waals surface area contributed by atoms with Gasteiger partial charge in [0, 0.05) is 51.4 Å². The van der Waals surface area contributed by atoms with Crippen LogP contribution in [0.25, 0.3) is 0 Å². The van der Waals surface area contributed by atoms with Crippen molar-refractivity contribution in [3.63, 3.8) is 0 Å². The topological polar surface area (TPSA) is 85.6 Å². The third kappa shape index (κ3) is 4.46. The zero-order valence-corrected chi connectivity index (χ0v) is 15.6. The van der Waals surface area contributed by atoms with E-state index in [4.69, 9.17) is 4.74 Å². The van der Waals surface area contributed by atoms with Crippen LogP contribution in [0.5, 0.6) is 5.75 Å². The molecule has 2 heterocycles. The van der Waals surface area contributed by atoms with Gasteiger partial charge in [-0.3, -0.25) is 14.2 Å². The summed E-state index contributed by atoms with van der Waals surface area (Å²) in [6, 6.07) is 9.45. The van der Waals surface area contributed by atoms with Crippen molar-refractivity contribution in [3.05, 3.63) is 62.9 Å². The molecule has 1 amide bonds. The second-order valence-electron chi connectivity index (χ2n) is 6.70. The summed E-state index contributed by atoms with van der Waals surface area (Å²) in [4.78, 5) is 37.8. The van der Waals surface area contributed by atoms with Crippen molar-refractivity contribution >= 4 is 5.91 Å². The monoisotopic (exact) mass is 372 g/mol. The molecule has 27 heavy (non-hydrogen) atoms. The average Bonchev–Trinajstić information content (AvgIpc) is 3.02. The minimum atomic E-state index is -0.357. The molecule has 3 rings (SSSR count). The smallest absolute Gasteiger partial charge is 0.330 e. The van der Waals surface area contributed by atoms with Gasteiger partial charge in [0.1, 0.15) is 12.4 Å². The van der Waals surface area contributed by atoms with Gasteiger partial charge in [0.25, 0.3) is 5.56 Å². The molecule has 0 unspecified atom stereocenters. The van der Waals surface area contributed by atoms with Crippen molar-refractivity contribution in [2.24, 2.45) is 14.1 Å². The van der Waals surface area contributed by atoms with Crippen LogP contribution in [-0.2, 0) is 25.4 Å². The van der Waals surface area contributed by atoms with Crippen molar-refractivity contribution in [3.8, 4) is 5.75 Å². The van der Waals surface area contributed by atoms with Crippen molar-refractivity contribution in [2.45, 2.75) is 19.0 Å². The van der Waals surface area contributed by atoms with E-state index in [1.54, 1.807) is 18.1 Å². The largest absolute Gasteiger partial charge is 0.492 e. The Hall–Kier alpha value is -2.87. The Labute approximate surface area is 157 Å². The normalized spacial score (nSPS) is 16.7. The van der Waals surface area contributed by atoms with Crippen molar-refractivity contribution in [2.75, 3.05) is 19.7 Å². The highest BCUT2D eigenvalue weighted by Gasteiger charge is 2.29. The Balaban J connectivity index is 1.51. The minimum absolute atomic E-state index is 0.0313. The number of para-hydroxylation sites is 1. The molecule has 8 heteroatoms. The molecule has 144 valence electrons. The number of likely N-dealkylation sites (tertiary alicyclic amines) is 1. The maximum Gasteiger partial charge on any atom is 0.330 e. The number of benzene rings is 1. The van der Waals surface area contributed by atoms with E-state index < -0.39 is 0 Å². The van der Waals surface area contributed by atoms with Gasteiger partial charge in [0.15, 0.2) is 0 Å². The van der Waals surface area contributed by atoms with E-state index in [1.165, 1.54) is 11.6 Å². The van der Waals surface area contributed by atoms with Gasteiger partial charge < -0.3 is 19.5 Å². The van der Waals surface area contributed by atoms with Crippen LogP contribution in [0.1, 0.15) is 12.0 Å². The number of aromatic nitrogens is 2. The number of nitrogens with one attached hydrogen (secondary N) is 1. The molecule has 1 fully saturated rings. The van der Waals surface area contributed by atoms with Gasteiger partial charge in [-0.15, -0.1) is 0 Å². The molecule has 0 saturated carbocycles. The highest BCUT2D eigenvalue weighted by Crippen LogP contribution is 2.12. The summed E-state index contributed by atoms with van der Waals surface area (Å²) >= 11 is 0. The quantitative estimate of drug-likeness (QED) is 0.731. The summed E-state index contributed by atoms with van der Waals surface area (Å²) in [5, 5.41) is 3.25. The standard InChI is InChI=1S/C19H24N4O4/c1-21-12-14(18(25)22(2)19(21)26)11-20-15-10-17(24)23(13-15)8-9-27-16-6-4-3-5-7-16/h3-7,12,15,20H,8-11,13H2,1-2H3/t15-/m1/s1. The summed E-state index contributed by atoms with van der Waals surface area (Å²) in [6.45, 7) is 1.84. The lowest BCUT2D eigenvalue weighted by Crippen LogP contribution is -2.41. The molecular weight excluding hydrogens is 348 g/mol. The predicted molar refractivity (Wildman–Crippen MR) is 101 cm³/mol. The van der Waals surface area contributed by atoms with Gasteiger partial charge in [-0.25, -0.2) is 4.79 Å². The number of carbonyl (C=O) groups excluding carboxylic acids is 1. The summed E-state index contributed by atoms with van der Waals surface area (Å²) in [6.07, 6.45) is 1.93. The molecule has 1 aromatic carbocycles. The van der Waals surface area contributed by atoms with E-state index in [1.807, 2.05) is 30.3 Å². The maximum atomic E-state index is 12.2. The molecule has 0 radical (unpaired) electrons. The Kier molecular flexibility index (Phi) is 5.75. The first kappa shape index (κ1) is 18.9. The van der Waals surface area contributed by atoms with Gasteiger partial charge in [-0.1, -0.05) is 18.2 Å². The van der Waals surface area contributed by atoms with Gasteiger partial charge in [0.05, 0.1) is 6.54 Å². The number of rotatable bonds is 7. The van der Waals surface area contributed by atoms with Crippen molar-refractivity contribution in [1.82, 2.24) is 19.4 Å². The molecule has 1 atom stereocenters. The lowest BCUT2D eigenvalue weighted by atomic mass is 10.2. The number of amides is 1. The molecule has 1 N–H and O–H groups in total. The number of hydrogen-bond donors (Lipinski definition) is 1. The second kappa shape index (κ2) is 8.22.